The maximum absolute atomic E-state index is 11.9. The quantitative estimate of drug-likeness (QED) is 0.577. The first-order valence-corrected chi connectivity index (χ1v) is 5.40. The van der Waals surface area contributed by atoms with Gasteiger partial charge in [-0.25, -0.2) is 0 Å². The SMILES string of the molecule is C#CC[C@H]1[CH]C(=O)N(Cc2ccccc2)C1=O. The molecule has 1 aliphatic rings. The summed E-state index contributed by atoms with van der Waals surface area (Å²) >= 11 is 0. The average Bonchev–Trinajstić information content (AvgIpc) is 2.59. The highest BCUT2D eigenvalue weighted by Crippen LogP contribution is 2.23. The number of rotatable bonds is 3. The van der Waals surface area contributed by atoms with Crippen LogP contribution in [-0.2, 0) is 16.1 Å². The fourth-order valence-electron chi connectivity index (χ4n) is 1.84. The van der Waals surface area contributed by atoms with E-state index in [9.17, 15) is 9.59 Å². The lowest BCUT2D eigenvalue weighted by atomic mass is 10.1. The lowest BCUT2D eigenvalue weighted by Crippen LogP contribution is -2.30. The van der Waals surface area contributed by atoms with Crippen LogP contribution in [0.25, 0.3) is 0 Å². The Labute approximate surface area is 100 Å². The molecule has 3 heteroatoms. The molecule has 85 valence electrons. The van der Waals surface area contributed by atoms with Crippen LogP contribution in [0.1, 0.15) is 12.0 Å². The predicted octanol–water partition coefficient (Wildman–Crippen LogP) is 1.40. The summed E-state index contributed by atoms with van der Waals surface area (Å²) in [5, 5.41) is 0. The standard InChI is InChI=1S/C14H12NO2/c1-2-6-12-9-13(16)15(14(12)17)10-11-7-4-3-5-8-11/h1,3-5,7-9,12H,6,10H2/t12-/m0/s1. The Kier molecular flexibility index (Phi) is 3.24. The second-order valence-corrected chi connectivity index (χ2v) is 3.93. The van der Waals surface area contributed by atoms with Gasteiger partial charge in [-0.05, 0) is 5.56 Å². The highest BCUT2D eigenvalue weighted by Gasteiger charge is 2.38. The van der Waals surface area contributed by atoms with E-state index in [2.05, 4.69) is 5.92 Å². The third kappa shape index (κ3) is 2.36. The van der Waals surface area contributed by atoms with Crippen molar-refractivity contribution in [3.8, 4) is 12.3 Å². The number of imide groups is 1. The molecule has 17 heavy (non-hydrogen) atoms. The molecule has 0 unspecified atom stereocenters. The molecule has 0 spiro atoms. The normalized spacial score (nSPS) is 19.5. The topological polar surface area (TPSA) is 37.4 Å². The van der Waals surface area contributed by atoms with Crippen LogP contribution in [0.5, 0.6) is 0 Å². The van der Waals surface area contributed by atoms with Gasteiger partial charge in [-0.15, -0.1) is 12.3 Å². The van der Waals surface area contributed by atoms with Gasteiger partial charge in [-0.3, -0.25) is 14.5 Å². The monoisotopic (exact) mass is 226 g/mol. The average molecular weight is 226 g/mol. The first-order valence-electron chi connectivity index (χ1n) is 5.40. The molecule has 0 N–H and O–H groups in total. The van der Waals surface area contributed by atoms with Crippen molar-refractivity contribution < 1.29 is 9.59 Å². The minimum atomic E-state index is -0.448. The third-order valence-electron chi connectivity index (χ3n) is 2.71. The number of nitrogens with zero attached hydrogens (tertiary/aromatic N) is 1. The summed E-state index contributed by atoms with van der Waals surface area (Å²) in [6.07, 6.45) is 6.86. The summed E-state index contributed by atoms with van der Waals surface area (Å²) in [6, 6.07) is 9.42. The summed E-state index contributed by atoms with van der Waals surface area (Å²) in [5.74, 6) is 1.52. The van der Waals surface area contributed by atoms with Crippen LogP contribution in [0.2, 0.25) is 0 Å². The van der Waals surface area contributed by atoms with E-state index in [1.54, 1.807) is 0 Å². The van der Waals surface area contributed by atoms with Crippen molar-refractivity contribution in [3.05, 3.63) is 42.3 Å². The maximum Gasteiger partial charge on any atom is 0.234 e. The number of hydrogen-bond acceptors (Lipinski definition) is 2. The summed E-state index contributed by atoms with van der Waals surface area (Å²) in [4.78, 5) is 24.8. The number of likely N-dealkylation sites (tertiary alicyclic amines) is 1. The number of benzene rings is 1. The Bertz CT molecular complexity index is 473. The van der Waals surface area contributed by atoms with Crippen LogP contribution in [-0.4, -0.2) is 16.7 Å². The van der Waals surface area contributed by atoms with Crippen LogP contribution in [0.4, 0.5) is 0 Å². The molecule has 0 aromatic heterocycles. The molecule has 3 nitrogen and oxygen atoms in total. The van der Waals surface area contributed by atoms with Crippen LogP contribution in [0.3, 0.4) is 0 Å². The van der Waals surface area contributed by atoms with Crippen molar-refractivity contribution >= 4 is 11.8 Å². The number of terminal acetylenes is 1. The molecule has 1 fully saturated rings. The van der Waals surface area contributed by atoms with E-state index < -0.39 is 5.92 Å². The number of hydrogen-bond donors (Lipinski definition) is 0. The van der Waals surface area contributed by atoms with Crippen LogP contribution < -0.4 is 0 Å². The Morgan fingerprint density at radius 3 is 2.59 bits per heavy atom. The van der Waals surface area contributed by atoms with Crippen molar-refractivity contribution in [2.45, 2.75) is 13.0 Å². The fourth-order valence-corrected chi connectivity index (χ4v) is 1.84. The van der Waals surface area contributed by atoms with Crippen molar-refractivity contribution in [3.63, 3.8) is 0 Å². The maximum atomic E-state index is 11.9. The first-order chi connectivity index (χ1) is 8.22. The minimum absolute atomic E-state index is 0.197. The summed E-state index contributed by atoms with van der Waals surface area (Å²) in [5.41, 5.74) is 0.934. The smallest absolute Gasteiger partial charge is 0.234 e. The van der Waals surface area contributed by atoms with Gasteiger partial charge < -0.3 is 0 Å². The van der Waals surface area contributed by atoms with Crippen LogP contribution >= 0.6 is 0 Å². The van der Waals surface area contributed by atoms with Crippen molar-refractivity contribution in [1.29, 1.82) is 0 Å². The Balaban J connectivity index is 2.10. The van der Waals surface area contributed by atoms with Crippen LogP contribution in [0.15, 0.2) is 30.3 Å². The zero-order valence-electron chi connectivity index (χ0n) is 9.30. The second kappa shape index (κ2) is 4.84. The first kappa shape index (κ1) is 11.4. The molecule has 0 aliphatic carbocycles. The minimum Gasteiger partial charge on any atom is -0.278 e. The van der Waals surface area contributed by atoms with Gasteiger partial charge in [0.25, 0.3) is 0 Å². The van der Waals surface area contributed by atoms with E-state index in [0.717, 1.165) is 5.56 Å². The Hall–Kier alpha value is -2.08. The Morgan fingerprint density at radius 1 is 1.24 bits per heavy atom. The zero-order chi connectivity index (χ0) is 12.3. The molecule has 1 aromatic carbocycles. The second-order valence-electron chi connectivity index (χ2n) is 3.93. The van der Waals surface area contributed by atoms with E-state index in [-0.39, 0.29) is 18.2 Å². The summed E-state index contributed by atoms with van der Waals surface area (Å²) < 4.78 is 0. The highest BCUT2D eigenvalue weighted by molar-refractivity contribution is 6.09. The molecule has 1 aromatic rings. The van der Waals surface area contributed by atoms with E-state index in [4.69, 9.17) is 6.42 Å². The van der Waals surface area contributed by atoms with Gasteiger partial charge in [0.15, 0.2) is 0 Å². The molecule has 2 amide bonds. The van der Waals surface area contributed by atoms with Crippen LogP contribution in [0, 0.1) is 24.7 Å². The molecule has 2 rings (SSSR count). The van der Waals surface area contributed by atoms with E-state index in [1.165, 1.54) is 11.3 Å². The van der Waals surface area contributed by atoms with E-state index in [0.29, 0.717) is 6.54 Å². The van der Waals surface area contributed by atoms with Crippen molar-refractivity contribution in [2.75, 3.05) is 0 Å². The van der Waals surface area contributed by atoms with Crippen molar-refractivity contribution in [1.82, 2.24) is 4.90 Å². The largest absolute Gasteiger partial charge is 0.278 e. The number of amides is 2. The number of carbonyl (C=O) groups excluding carboxylic acids is 2. The lowest BCUT2D eigenvalue weighted by Gasteiger charge is -2.14. The van der Waals surface area contributed by atoms with E-state index >= 15 is 0 Å². The molecule has 0 saturated carbocycles. The highest BCUT2D eigenvalue weighted by atomic mass is 16.2. The molecule has 1 saturated heterocycles. The Morgan fingerprint density at radius 2 is 1.94 bits per heavy atom. The van der Waals surface area contributed by atoms with Gasteiger partial charge in [0.1, 0.15) is 0 Å². The molecular weight excluding hydrogens is 214 g/mol. The van der Waals surface area contributed by atoms with Gasteiger partial charge in [-0.2, -0.15) is 0 Å². The van der Waals surface area contributed by atoms with Gasteiger partial charge in [-0.1, -0.05) is 30.3 Å². The molecular formula is C14H12NO2. The third-order valence-corrected chi connectivity index (χ3v) is 2.71. The molecule has 1 aliphatic heterocycles. The molecule has 1 radical (unpaired) electrons. The summed E-state index contributed by atoms with van der Waals surface area (Å²) in [6.45, 7) is 0.316. The van der Waals surface area contributed by atoms with Gasteiger partial charge in [0.2, 0.25) is 11.8 Å². The lowest BCUT2D eigenvalue weighted by molar-refractivity contribution is -0.139. The number of carbonyl (C=O) groups is 2. The molecule has 1 atom stereocenters. The molecule has 1 heterocycles. The van der Waals surface area contributed by atoms with E-state index in [1.807, 2.05) is 30.3 Å². The van der Waals surface area contributed by atoms with Gasteiger partial charge in [0.05, 0.1) is 18.9 Å². The fraction of sp³-hybridized carbons (Fsp3) is 0.214. The summed E-state index contributed by atoms with van der Waals surface area (Å²) in [7, 11) is 0. The van der Waals surface area contributed by atoms with Gasteiger partial charge >= 0.3 is 0 Å². The van der Waals surface area contributed by atoms with Gasteiger partial charge in [0, 0.05) is 6.42 Å². The zero-order valence-corrected chi connectivity index (χ0v) is 9.30. The van der Waals surface area contributed by atoms with Crippen molar-refractivity contribution in [2.24, 2.45) is 5.92 Å². The predicted molar refractivity (Wildman–Crippen MR) is 63.2 cm³/mol. The molecule has 0 bridgehead atoms.